The second-order valence-electron chi connectivity index (χ2n) is 9.76. The minimum atomic E-state index is 0.529. The fraction of sp³-hybridized carbons (Fsp3) is 0. The molecule has 0 bridgehead atoms. The van der Waals surface area contributed by atoms with E-state index in [0.29, 0.717) is 5.71 Å². The first kappa shape index (κ1) is 23.3. The molecule has 0 spiro atoms. The van der Waals surface area contributed by atoms with Crippen LogP contribution in [-0.2, 0) is 0 Å². The molecule has 7 rings (SSSR count). The van der Waals surface area contributed by atoms with E-state index >= 15 is 0 Å². The lowest BCUT2D eigenvalue weighted by Crippen LogP contribution is -2.01. The van der Waals surface area contributed by atoms with Crippen molar-refractivity contribution in [2.75, 3.05) is 0 Å². The molecular formula is C37H25NS. The zero-order valence-corrected chi connectivity index (χ0v) is 22.1. The summed E-state index contributed by atoms with van der Waals surface area (Å²) >= 11 is 1.84. The second kappa shape index (κ2) is 9.83. The second-order valence-corrected chi connectivity index (χ2v) is 10.8. The van der Waals surface area contributed by atoms with Crippen molar-refractivity contribution in [3.8, 4) is 33.4 Å². The maximum absolute atomic E-state index is 9.00. The molecular weight excluding hydrogens is 490 g/mol. The highest BCUT2D eigenvalue weighted by Gasteiger charge is 2.12. The van der Waals surface area contributed by atoms with Crippen LogP contribution in [-0.4, -0.2) is 5.71 Å². The number of rotatable bonds is 5. The number of hydrogen-bond acceptors (Lipinski definition) is 2. The molecule has 0 fully saturated rings. The van der Waals surface area contributed by atoms with Gasteiger partial charge in [0.1, 0.15) is 0 Å². The monoisotopic (exact) mass is 515 g/mol. The number of hydrogen-bond donors (Lipinski definition) is 1. The van der Waals surface area contributed by atoms with E-state index in [1.165, 1.54) is 42.4 Å². The fourth-order valence-electron chi connectivity index (χ4n) is 5.36. The summed E-state index contributed by atoms with van der Waals surface area (Å²) in [5, 5.41) is 11.6. The molecule has 1 N–H and O–H groups in total. The van der Waals surface area contributed by atoms with Crippen molar-refractivity contribution in [1.29, 1.82) is 5.41 Å². The van der Waals surface area contributed by atoms with Gasteiger partial charge in [0.15, 0.2) is 0 Å². The van der Waals surface area contributed by atoms with Crippen molar-refractivity contribution < 1.29 is 0 Å². The normalized spacial score (nSPS) is 11.2. The average molecular weight is 516 g/mol. The minimum Gasteiger partial charge on any atom is -0.300 e. The molecule has 0 unspecified atom stereocenters. The first-order valence-electron chi connectivity index (χ1n) is 13.1. The summed E-state index contributed by atoms with van der Waals surface area (Å²) in [7, 11) is 0. The van der Waals surface area contributed by atoms with Gasteiger partial charge < -0.3 is 0 Å². The zero-order chi connectivity index (χ0) is 26.2. The molecule has 0 saturated carbocycles. The Hall–Kier alpha value is -4.79. The van der Waals surface area contributed by atoms with Crippen molar-refractivity contribution in [2.24, 2.45) is 0 Å². The molecule has 0 atom stereocenters. The predicted molar refractivity (Wildman–Crippen MR) is 168 cm³/mol. The van der Waals surface area contributed by atoms with Crippen LogP contribution in [0.2, 0.25) is 0 Å². The van der Waals surface area contributed by atoms with E-state index in [0.717, 1.165) is 22.3 Å². The number of nitrogens with one attached hydrogen (secondary N) is 1. The van der Waals surface area contributed by atoms with Crippen LogP contribution >= 0.6 is 11.3 Å². The summed E-state index contributed by atoms with van der Waals surface area (Å²) in [6, 6.07) is 51.0. The van der Waals surface area contributed by atoms with Crippen LogP contribution in [0.4, 0.5) is 0 Å². The highest BCUT2D eigenvalue weighted by atomic mass is 32.1. The van der Waals surface area contributed by atoms with Gasteiger partial charge >= 0.3 is 0 Å². The molecule has 1 nitrogen and oxygen atoms in total. The van der Waals surface area contributed by atoms with Crippen LogP contribution in [0.5, 0.6) is 0 Å². The summed E-state index contributed by atoms with van der Waals surface area (Å²) in [6.45, 7) is 0. The molecule has 39 heavy (non-hydrogen) atoms. The van der Waals surface area contributed by atoms with E-state index in [9.17, 15) is 0 Å². The molecule has 7 aromatic rings. The van der Waals surface area contributed by atoms with Gasteiger partial charge in [-0.05, 0) is 57.6 Å². The van der Waals surface area contributed by atoms with E-state index < -0.39 is 0 Å². The van der Waals surface area contributed by atoms with Gasteiger partial charge in [-0.1, -0.05) is 121 Å². The van der Waals surface area contributed by atoms with Crippen LogP contribution in [0.25, 0.3) is 53.6 Å². The Morgan fingerprint density at radius 3 is 1.87 bits per heavy atom. The number of benzene rings is 6. The van der Waals surface area contributed by atoms with Crippen LogP contribution in [0.1, 0.15) is 11.1 Å². The largest absolute Gasteiger partial charge is 0.300 e. The Labute approximate surface area is 232 Å². The van der Waals surface area contributed by atoms with Gasteiger partial charge in [-0.2, -0.15) is 0 Å². The first-order valence-corrected chi connectivity index (χ1v) is 13.9. The smallest absolute Gasteiger partial charge is 0.0684 e. The lowest BCUT2D eigenvalue weighted by atomic mass is 9.94. The van der Waals surface area contributed by atoms with Gasteiger partial charge in [-0.3, -0.25) is 5.41 Å². The van der Waals surface area contributed by atoms with Crippen molar-refractivity contribution >= 4 is 37.2 Å². The molecule has 0 aliphatic rings. The van der Waals surface area contributed by atoms with Crippen molar-refractivity contribution in [2.45, 2.75) is 0 Å². The van der Waals surface area contributed by atoms with Crippen molar-refractivity contribution in [3.63, 3.8) is 0 Å². The lowest BCUT2D eigenvalue weighted by molar-refractivity contribution is 1.45. The highest BCUT2D eigenvalue weighted by molar-refractivity contribution is 7.25. The van der Waals surface area contributed by atoms with Gasteiger partial charge in [0, 0.05) is 31.3 Å². The Kier molecular flexibility index (Phi) is 5.88. The van der Waals surface area contributed by atoms with Crippen LogP contribution < -0.4 is 0 Å². The Balaban J connectivity index is 1.20. The third-order valence-electron chi connectivity index (χ3n) is 7.34. The Bertz CT molecular complexity index is 1960. The van der Waals surface area contributed by atoms with Gasteiger partial charge in [-0.15, -0.1) is 11.3 Å². The summed E-state index contributed by atoms with van der Waals surface area (Å²) in [5.41, 5.74) is 9.43. The third kappa shape index (κ3) is 4.35. The highest BCUT2D eigenvalue weighted by Crippen LogP contribution is 2.40. The minimum absolute atomic E-state index is 0.529. The van der Waals surface area contributed by atoms with Crippen molar-refractivity contribution in [3.05, 3.63) is 157 Å². The summed E-state index contributed by atoms with van der Waals surface area (Å²) < 4.78 is 2.62. The number of thiophene rings is 1. The maximum atomic E-state index is 9.00. The van der Waals surface area contributed by atoms with E-state index in [1.54, 1.807) is 0 Å². The third-order valence-corrected chi connectivity index (χ3v) is 8.48. The standard InChI is InChI=1S/C37H25NS/c38-37(31-14-7-13-30(24-31)29-12-6-11-28(23-29)25-9-2-1-3-10-25)27-21-19-26(20-22-27)32-16-8-18-35-36(32)33-15-4-5-17-34(33)39-35/h1-24,38H. The van der Waals surface area contributed by atoms with E-state index in [1.807, 2.05) is 29.5 Å². The van der Waals surface area contributed by atoms with Gasteiger partial charge in [0.2, 0.25) is 0 Å². The molecule has 0 aliphatic carbocycles. The molecule has 2 heteroatoms. The molecule has 1 heterocycles. The molecule has 184 valence electrons. The van der Waals surface area contributed by atoms with E-state index in [4.69, 9.17) is 5.41 Å². The average Bonchev–Trinajstić information content (AvgIpc) is 3.40. The zero-order valence-electron chi connectivity index (χ0n) is 21.3. The summed E-state index contributed by atoms with van der Waals surface area (Å²) in [6.07, 6.45) is 0. The molecule has 1 aromatic heterocycles. The molecule has 0 radical (unpaired) electrons. The summed E-state index contributed by atoms with van der Waals surface area (Å²) in [5.74, 6) is 0. The topological polar surface area (TPSA) is 23.9 Å². The van der Waals surface area contributed by atoms with Crippen LogP contribution in [0.15, 0.2) is 146 Å². The fourth-order valence-corrected chi connectivity index (χ4v) is 6.49. The van der Waals surface area contributed by atoms with Crippen molar-refractivity contribution in [1.82, 2.24) is 0 Å². The van der Waals surface area contributed by atoms with Gasteiger partial charge in [0.25, 0.3) is 0 Å². The Morgan fingerprint density at radius 1 is 0.436 bits per heavy atom. The molecule has 0 saturated heterocycles. The van der Waals surface area contributed by atoms with Gasteiger partial charge in [0.05, 0.1) is 5.71 Å². The van der Waals surface area contributed by atoms with Crippen LogP contribution in [0, 0.1) is 5.41 Å². The van der Waals surface area contributed by atoms with E-state index in [2.05, 4.69) is 127 Å². The Morgan fingerprint density at radius 2 is 1.05 bits per heavy atom. The molecule has 0 aliphatic heterocycles. The number of fused-ring (bicyclic) bond motifs is 3. The molecule has 0 amide bonds. The van der Waals surface area contributed by atoms with E-state index in [-0.39, 0.29) is 0 Å². The van der Waals surface area contributed by atoms with Crippen LogP contribution in [0.3, 0.4) is 0 Å². The maximum Gasteiger partial charge on any atom is 0.0684 e. The predicted octanol–water partition coefficient (Wildman–Crippen LogP) is 10.5. The summed E-state index contributed by atoms with van der Waals surface area (Å²) in [4.78, 5) is 0. The lowest BCUT2D eigenvalue weighted by Gasteiger charge is -2.10. The SMILES string of the molecule is N=C(c1ccc(-c2cccc3sc4ccccc4c23)cc1)c1cccc(-c2cccc(-c3ccccc3)c2)c1. The van der Waals surface area contributed by atoms with Gasteiger partial charge in [-0.25, -0.2) is 0 Å². The molecule has 6 aromatic carbocycles. The first-order chi connectivity index (χ1) is 19.2. The quantitative estimate of drug-likeness (QED) is 0.220.